The first-order valence-electron chi connectivity index (χ1n) is 6.83. The summed E-state index contributed by atoms with van der Waals surface area (Å²) in [6.45, 7) is 2.77. The number of rotatable bonds is 4. The van der Waals surface area contributed by atoms with Crippen molar-refractivity contribution in [3.63, 3.8) is 0 Å². The Morgan fingerprint density at radius 3 is 2.57 bits per heavy atom. The van der Waals surface area contributed by atoms with Crippen molar-refractivity contribution in [2.24, 2.45) is 5.92 Å². The minimum Gasteiger partial charge on any atom is -0.392 e. The molecule has 0 saturated carbocycles. The van der Waals surface area contributed by atoms with Crippen molar-refractivity contribution in [2.45, 2.75) is 24.5 Å². The molecule has 2 atom stereocenters. The fourth-order valence-corrected chi connectivity index (χ4v) is 4.84. The quantitative estimate of drug-likeness (QED) is 0.905. The lowest BCUT2D eigenvalue weighted by Gasteiger charge is -2.22. The van der Waals surface area contributed by atoms with Crippen molar-refractivity contribution in [2.75, 3.05) is 27.2 Å². The maximum absolute atomic E-state index is 12.8. The van der Waals surface area contributed by atoms with Gasteiger partial charge in [0.15, 0.2) is 0 Å². The van der Waals surface area contributed by atoms with Crippen LogP contribution in [-0.2, 0) is 16.6 Å². The first-order valence-corrected chi connectivity index (χ1v) is 8.65. The molecule has 1 aliphatic heterocycles. The van der Waals surface area contributed by atoms with Crippen molar-refractivity contribution < 1.29 is 13.5 Å². The summed E-state index contributed by atoms with van der Waals surface area (Å²) in [6, 6.07) is 4.78. The van der Waals surface area contributed by atoms with Gasteiger partial charge in [-0.15, -0.1) is 0 Å². The Kier molecular flexibility index (Phi) is 4.95. The predicted molar refractivity (Wildman–Crippen MR) is 82.8 cm³/mol. The Morgan fingerprint density at radius 2 is 2.05 bits per heavy atom. The molecule has 0 amide bonds. The molecule has 118 valence electrons. The van der Waals surface area contributed by atoms with Gasteiger partial charge in [-0.3, -0.25) is 0 Å². The van der Waals surface area contributed by atoms with Gasteiger partial charge in [0.1, 0.15) is 4.90 Å². The average molecular weight is 333 g/mol. The third-order valence-electron chi connectivity index (χ3n) is 4.00. The van der Waals surface area contributed by atoms with E-state index in [9.17, 15) is 13.5 Å². The van der Waals surface area contributed by atoms with Gasteiger partial charge in [-0.2, -0.15) is 4.31 Å². The second-order valence-corrected chi connectivity index (χ2v) is 8.07. The summed E-state index contributed by atoms with van der Waals surface area (Å²) in [5.41, 5.74) is 0.536. The van der Waals surface area contributed by atoms with Gasteiger partial charge in [0.05, 0.1) is 11.6 Å². The zero-order valence-corrected chi connectivity index (χ0v) is 14.0. The second kappa shape index (κ2) is 6.22. The SMILES string of the molecule is CC1CN(S(=O)(=O)c2cc(CO)ccc2Cl)CC1N(C)C. The van der Waals surface area contributed by atoms with Crippen LogP contribution in [0.3, 0.4) is 0 Å². The van der Waals surface area contributed by atoms with Gasteiger partial charge >= 0.3 is 0 Å². The van der Waals surface area contributed by atoms with Crippen molar-refractivity contribution >= 4 is 21.6 Å². The van der Waals surface area contributed by atoms with Crippen LogP contribution in [0.4, 0.5) is 0 Å². The van der Waals surface area contributed by atoms with E-state index in [4.69, 9.17) is 11.6 Å². The summed E-state index contributed by atoms with van der Waals surface area (Å²) in [6.07, 6.45) is 0. The number of aliphatic hydroxyl groups excluding tert-OH is 1. The number of hydrogen-bond acceptors (Lipinski definition) is 4. The molecular formula is C14H21ClN2O3S. The lowest BCUT2D eigenvalue weighted by molar-refractivity contribution is 0.263. The molecular weight excluding hydrogens is 312 g/mol. The fourth-order valence-electron chi connectivity index (χ4n) is 2.76. The van der Waals surface area contributed by atoms with Crippen molar-refractivity contribution in [3.8, 4) is 0 Å². The molecule has 1 fully saturated rings. The van der Waals surface area contributed by atoms with Crippen LogP contribution in [0.15, 0.2) is 23.1 Å². The maximum Gasteiger partial charge on any atom is 0.244 e. The van der Waals surface area contributed by atoms with E-state index >= 15 is 0 Å². The van der Waals surface area contributed by atoms with Crippen LogP contribution in [0.5, 0.6) is 0 Å². The van der Waals surface area contributed by atoms with Gasteiger partial charge in [0.25, 0.3) is 0 Å². The summed E-state index contributed by atoms with van der Waals surface area (Å²) in [5.74, 6) is 0.259. The first-order chi connectivity index (χ1) is 9.77. The average Bonchev–Trinajstić information content (AvgIpc) is 2.82. The molecule has 2 rings (SSSR count). The number of halogens is 1. The molecule has 0 radical (unpaired) electrons. The highest BCUT2D eigenvalue weighted by Gasteiger charge is 2.38. The lowest BCUT2D eigenvalue weighted by Crippen LogP contribution is -2.35. The minimum absolute atomic E-state index is 0.0716. The summed E-state index contributed by atoms with van der Waals surface area (Å²) >= 11 is 6.05. The Morgan fingerprint density at radius 1 is 1.38 bits per heavy atom. The van der Waals surface area contributed by atoms with Crippen LogP contribution in [-0.4, -0.2) is 56.0 Å². The highest BCUT2D eigenvalue weighted by Crippen LogP contribution is 2.30. The largest absolute Gasteiger partial charge is 0.392 e. The molecule has 5 nitrogen and oxygen atoms in total. The molecule has 0 aliphatic carbocycles. The molecule has 1 aromatic rings. The van der Waals surface area contributed by atoms with Crippen molar-refractivity contribution in [1.82, 2.24) is 9.21 Å². The molecule has 0 bridgehead atoms. The van der Waals surface area contributed by atoms with Crippen molar-refractivity contribution in [1.29, 1.82) is 0 Å². The van der Waals surface area contributed by atoms with Gasteiger partial charge in [0.2, 0.25) is 10.0 Å². The minimum atomic E-state index is -3.64. The molecule has 1 aromatic carbocycles. The summed E-state index contributed by atoms with van der Waals surface area (Å²) in [4.78, 5) is 2.12. The topological polar surface area (TPSA) is 60.9 Å². The van der Waals surface area contributed by atoms with E-state index in [0.29, 0.717) is 18.7 Å². The number of hydrogen-bond donors (Lipinski definition) is 1. The van der Waals surface area contributed by atoms with Gasteiger partial charge < -0.3 is 10.0 Å². The monoisotopic (exact) mass is 332 g/mol. The third kappa shape index (κ3) is 3.24. The fraction of sp³-hybridized carbons (Fsp3) is 0.571. The molecule has 0 aromatic heterocycles. The Labute approximate surface area is 131 Å². The van der Waals surface area contributed by atoms with Crippen LogP contribution in [0.25, 0.3) is 0 Å². The molecule has 7 heteroatoms. The maximum atomic E-state index is 12.8. The van der Waals surface area contributed by atoms with Crippen LogP contribution in [0.1, 0.15) is 12.5 Å². The Bertz CT molecular complexity index is 619. The van der Waals surface area contributed by atoms with E-state index in [1.807, 2.05) is 25.9 Å². The van der Waals surface area contributed by atoms with E-state index in [2.05, 4.69) is 0 Å². The summed E-state index contributed by atoms with van der Waals surface area (Å²) in [5, 5.41) is 9.37. The number of benzene rings is 1. The smallest absolute Gasteiger partial charge is 0.244 e. The molecule has 1 saturated heterocycles. The highest BCUT2D eigenvalue weighted by atomic mass is 35.5. The van der Waals surface area contributed by atoms with Gasteiger partial charge in [-0.1, -0.05) is 24.6 Å². The summed E-state index contributed by atoms with van der Waals surface area (Å²) in [7, 11) is 0.272. The normalized spacial score (nSPS) is 23.9. The zero-order chi connectivity index (χ0) is 15.8. The van der Waals surface area contributed by atoms with Crippen LogP contribution in [0.2, 0.25) is 5.02 Å². The number of aliphatic hydroxyl groups is 1. The molecule has 2 unspecified atom stereocenters. The number of likely N-dealkylation sites (N-methyl/N-ethyl adjacent to an activating group) is 1. The van der Waals surface area contributed by atoms with Crippen LogP contribution in [0, 0.1) is 5.92 Å². The predicted octanol–water partition coefficient (Wildman–Crippen LogP) is 1.40. The molecule has 1 aliphatic rings. The molecule has 0 spiro atoms. The van der Waals surface area contributed by atoms with E-state index in [1.165, 1.54) is 16.4 Å². The third-order valence-corrected chi connectivity index (χ3v) is 6.31. The van der Waals surface area contributed by atoms with E-state index < -0.39 is 10.0 Å². The van der Waals surface area contributed by atoms with E-state index in [-0.39, 0.29) is 28.5 Å². The first kappa shape index (κ1) is 16.7. The second-order valence-electron chi connectivity index (χ2n) is 5.75. The zero-order valence-electron chi connectivity index (χ0n) is 12.5. The van der Waals surface area contributed by atoms with Crippen molar-refractivity contribution in [3.05, 3.63) is 28.8 Å². The molecule has 1 N–H and O–H groups in total. The lowest BCUT2D eigenvalue weighted by atomic mass is 10.1. The Hall–Kier alpha value is -0.660. The van der Waals surface area contributed by atoms with Crippen LogP contribution >= 0.6 is 11.6 Å². The molecule has 21 heavy (non-hydrogen) atoms. The van der Waals surface area contributed by atoms with Gasteiger partial charge in [0, 0.05) is 19.1 Å². The standard InChI is InChI=1S/C14H21ClN2O3S/c1-10-7-17(8-13(10)16(2)3)21(19,20)14-6-11(9-18)4-5-12(14)15/h4-6,10,13,18H,7-9H2,1-3H3. The number of sulfonamides is 1. The van der Waals surface area contributed by atoms with E-state index in [0.717, 1.165) is 0 Å². The van der Waals surface area contributed by atoms with Gasteiger partial charge in [-0.25, -0.2) is 8.42 Å². The summed E-state index contributed by atoms with van der Waals surface area (Å²) < 4.78 is 27.0. The highest BCUT2D eigenvalue weighted by molar-refractivity contribution is 7.89. The number of nitrogens with zero attached hydrogens (tertiary/aromatic N) is 2. The molecule has 1 heterocycles. The van der Waals surface area contributed by atoms with Crippen LogP contribution < -0.4 is 0 Å². The Balaban J connectivity index is 2.35. The van der Waals surface area contributed by atoms with E-state index in [1.54, 1.807) is 6.07 Å². The van der Waals surface area contributed by atoms with Gasteiger partial charge in [-0.05, 0) is 37.7 Å².